The van der Waals surface area contributed by atoms with Gasteiger partial charge in [-0.25, -0.2) is 4.98 Å². The molecule has 4 heteroatoms. The number of hydrogen-bond donors (Lipinski definition) is 1. The highest BCUT2D eigenvalue weighted by Crippen LogP contribution is 2.22. The van der Waals surface area contributed by atoms with Crippen molar-refractivity contribution >= 4 is 5.91 Å². The number of nitrogens with one attached hydrogen (secondary N) is 1. The van der Waals surface area contributed by atoms with Crippen LogP contribution in [0, 0.1) is 6.92 Å². The van der Waals surface area contributed by atoms with Crippen molar-refractivity contribution in [2.24, 2.45) is 0 Å². The van der Waals surface area contributed by atoms with Gasteiger partial charge >= 0.3 is 0 Å². The molecule has 2 aliphatic rings. The highest BCUT2D eigenvalue weighted by molar-refractivity contribution is 5.76. The fourth-order valence-corrected chi connectivity index (χ4v) is 3.79. The van der Waals surface area contributed by atoms with Crippen LogP contribution in [0.1, 0.15) is 68.6 Å². The maximum Gasteiger partial charge on any atom is 0.240 e. The molecule has 0 radical (unpaired) electrons. The second-order valence-corrected chi connectivity index (χ2v) is 6.60. The minimum Gasteiger partial charge on any atom is -0.352 e. The van der Waals surface area contributed by atoms with E-state index in [1.54, 1.807) is 0 Å². The number of nitrogens with zero attached hydrogens (tertiary/aromatic N) is 2. The van der Waals surface area contributed by atoms with Gasteiger partial charge in [-0.3, -0.25) is 4.79 Å². The van der Waals surface area contributed by atoms with E-state index in [1.807, 2.05) is 6.92 Å². The first-order valence-electron chi connectivity index (χ1n) is 8.58. The normalized spacial score (nSPS) is 19.9. The molecule has 1 aromatic rings. The Morgan fingerprint density at radius 3 is 2.62 bits per heavy atom. The Hall–Kier alpha value is -1.32. The van der Waals surface area contributed by atoms with Gasteiger partial charge < -0.3 is 9.88 Å². The van der Waals surface area contributed by atoms with Crippen molar-refractivity contribution in [3.05, 3.63) is 17.2 Å². The quantitative estimate of drug-likeness (QED) is 0.870. The molecule has 1 amide bonds. The molecule has 0 aliphatic heterocycles. The summed E-state index contributed by atoms with van der Waals surface area (Å²) < 4.78 is 2.14. The van der Waals surface area contributed by atoms with E-state index >= 15 is 0 Å². The summed E-state index contributed by atoms with van der Waals surface area (Å²) in [4.78, 5) is 17.0. The molecule has 2 aliphatic carbocycles. The van der Waals surface area contributed by atoms with Crippen molar-refractivity contribution < 1.29 is 4.79 Å². The Labute approximate surface area is 127 Å². The number of carbonyl (C=O) groups is 1. The van der Waals surface area contributed by atoms with Crippen LogP contribution in [0.15, 0.2) is 0 Å². The average Bonchev–Trinajstić information content (AvgIpc) is 2.66. The van der Waals surface area contributed by atoms with Crippen LogP contribution >= 0.6 is 0 Å². The van der Waals surface area contributed by atoms with Crippen LogP contribution in [0.5, 0.6) is 0 Å². The second kappa shape index (κ2) is 6.63. The van der Waals surface area contributed by atoms with E-state index in [4.69, 9.17) is 0 Å². The molecule has 116 valence electrons. The Bertz CT molecular complexity index is 498. The SMILES string of the molecule is Cc1nc2c(n1CC(=O)NC1CCCCCC1)CCCC2. The lowest BCUT2D eigenvalue weighted by Crippen LogP contribution is -2.37. The van der Waals surface area contributed by atoms with E-state index in [2.05, 4.69) is 14.9 Å². The van der Waals surface area contributed by atoms with Crippen molar-refractivity contribution in [1.82, 2.24) is 14.9 Å². The predicted molar refractivity (Wildman–Crippen MR) is 83.2 cm³/mol. The zero-order valence-electron chi connectivity index (χ0n) is 13.2. The first-order valence-corrected chi connectivity index (χ1v) is 8.58. The number of imidazole rings is 1. The molecular weight excluding hydrogens is 262 g/mol. The van der Waals surface area contributed by atoms with Crippen LogP contribution in [0.25, 0.3) is 0 Å². The molecule has 1 N–H and O–H groups in total. The van der Waals surface area contributed by atoms with Gasteiger partial charge in [-0.15, -0.1) is 0 Å². The maximum absolute atomic E-state index is 12.4. The topological polar surface area (TPSA) is 46.9 Å². The second-order valence-electron chi connectivity index (χ2n) is 6.60. The van der Waals surface area contributed by atoms with Gasteiger partial charge in [-0.1, -0.05) is 25.7 Å². The van der Waals surface area contributed by atoms with Crippen molar-refractivity contribution in [3.8, 4) is 0 Å². The standard InChI is InChI=1S/C17H27N3O/c1-13-18-15-10-6-7-11-16(15)20(13)12-17(21)19-14-8-4-2-3-5-9-14/h14H,2-12H2,1H3,(H,19,21). The minimum absolute atomic E-state index is 0.163. The van der Waals surface area contributed by atoms with Gasteiger partial charge in [0.25, 0.3) is 0 Å². The van der Waals surface area contributed by atoms with E-state index in [0.717, 1.165) is 31.5 Å². The van der Waals surface area contributed by atoms with Crippen LogP contribution in [0.2, 0.25) is 0 Å². The average molecular weight is 289 g/mol. The third-order valence-corrected chi connectivity index (χ3v) is 4.95. The summed E-state index contributed by atoms with van der Waals surface area (Å²) in [7, 11) is 0. The predicted octanol–water partition coefficient (Wildman–Crippen LogP) is 2.91. The number of aromatic nitrogens is 2. The molecule has 1 aromatic heterocycles. The fourth-order valence-electron chi connectivity index (χ4n) is 3.79. The number of rotatable bonds is 3. The Morgan fingerprint density at radius 2 is 1.86 bits per heavy atom. The minimum atomic E-state index is 0.163. The van der Waals surface area contributed by atoms with Crippen molar-refractivity contribution in [1.29, 1.82) is 0 Å². The van der Waals surface area contributed by atoms with E-state index in [9.17, 15) is 4.79 Å². The molecule has 21 heavy (non-hydrogen) atoms. The molecule has 4 nitrogen and oxygen atoms in total. The summed E-state index contributed by atoms with van der Waals surface area (Å²) in [6.07, 6.45) is 12.1. The van der Waals surface area contributed by atoms with E-state index in [-0.39, 0.29) is 5.91 Å². The Kier molecular flexibility index (Phi) is 4.61. The van der Waals surface area contributed by atoms with Crippen LogP contribution in [-0.4, -0.2) is 21.5 Å². The Balaban J connectivity index is 1.63. The lowest BCUT2D eigenvalue weighted by Gasteiger charge is -2.18. The van der Waals surface area contributed by atoms with Crippen molar-refractivity contribution in [3.63, 3.8) is 0 Å². The van der Waals surface area contributed by atoms with E-state index < -0.39 is 0 Å². The van der Waals surface area contributed by atoms with Gasteiger partial charge in [0.15, 0.2) is 0 Å². The summed E-state index contributed by atoms with van der Waals surface area (Å²) in [5.41, 5.74) is 2.52. The zero-order chi connectivity index (χ0) is 14.7. The van der Waals surface area contributed by atoms with Gasteiger partial charge in [0, 0.05) is 11.7 Å². The van der Waals surface area contributed by atoms with E-state index in [1.165, 1.54) is 49.9 Å². The lowest BCUT2D eigenvalue weighted by atomic mass is 10.0. The van der Waals surface area contributed by atoms with Crippen molar-refractivity contribution in [2.45, 2.75) is 83.7 Å². The van der Waals surface area contributed by atoms with Gasteiger partial charge in [0.05, 0.1) is 5.69 Å². The number of carbonyl (C=O) groups excluding carboxylic acids is 1. The zero-order valence-corrected chi connectivity index (χ0v) is 13.2. The van der Waals surface area contributed by atoms with Crippen LogP contribution in [0.4, 0.5) is 0 Å². The van der Waals surface area contributed by atoms with Gasteiger partial charge in [-0.05, 0) is 45.4 Å². The molecule has 0 atom stereocenters. The number of fused-ring (bicyclic) bond motifs is 1. The summed E-state index contributed by atoms with van der Waals surface area (Å²) in [6, 6.07) is 0.389. The highest BCUT2D eigenvalue weighted by atomic mass is 16.2. The monoisotopic (exact) mass is 289 g/mol. The smallest absolute Gasteiger partial charge is 0.240 e. The molecule has 0 saturated heterocycles. The van der Waals surface area contributed by atoms with Crippen LogP contribution < -0.4 is 5.32 Å². The molecule has 0 spiro atoms. The van der Waals surface area contributed by atoms with Crippen LogP contribution in [0.3, 0.4) is 0 Å². The summed E-state index contributed by atoms with van der Waals surface area (Å²) >= 11 is 0. The molecule has 1 heterocycles. The summed E-state index contributed by atoms with van der Waals surface area (Å²) in [5, 5.41) is 3.24. The summed E-state index contributed by atoms with van der Waals surface area (Å²) in [6.45, 7) is 2.47. The fraction of sp³-hybridized carbons (Fsp3) is 0.765. The first kappa shape index (κ1) is 14.6. The highest BCUT2D eigenvalue weighted by Gasteiger charge is 2.21. The number of aryl methyl sites for hydroxylation is 2. The van der Waals surface area contributed by atoms with Crippen LogP contribution in [-0.2, 0) is 24.2 Å². The molecule has 3 rings (SSSR count). The molecule has 1 fully saturated rings. The third-order valence-electron chi connectivity index (χ3n) is 4.95. The first-order chi connectivity index (χ1) is 10.2. The number of amides is 1. The summed E-state index contributed by atoms with van der Waals surface area (Å²) in [5.74, 6) is 1.16. The van der Waals surface area contributed by atoms with Crippen molar-refractivity contribution in [2.75, 3.05) is 0 Å². The van der Waals surface area contributed by atoms with Gasteiger partial charge in [0.2, 0.25) is 5.91 Å². The number of hydrogen-bond acceptors (Lipinski definition) is 2. The maximum atomic E-state index is 12.4. The lowest BCUT2D eigenvalue weighted by molar-refractivity contribution is -0.122. The van der Waals surface area contributed by atoms with Gasteiger partial charge in [0.1, 0.15) is 12.4 Å². The molecule has 1 saturated carbocycles. The third kappa shape index (κ3) is 3.47. The largest absolute Gasteiger partial charge is 0.352 e. The van der Waals surface area contributed by atoms with E-state index in [0.29, 0.717) is 12.6 Å². The molecule has 0 aromatic carbocycles. The Morgan fingerprint density at radius 1 is 1.14 bits per heavy atom. The molecular formula is C17H27N3O. The van der Waals surface area contributed by atoms with Gasteiger partial charge in [-0.2, -0.15) is 0 Å². The molecule has 0 bridgehead atoms. The molecule has 0 unspecified atom stereocenters.